The maximum absolute atomic E-state index is 11.7. The minimum absolute atomic E-state index is 0.0556. The van der Waals surface area contributed by atoms with Crippen LogP contribution in [0.25, 0.3) is 0 Å². The topological polar surface area (TPSA) is 55.1 Å². The van der Waals surface area contributed by atoms with E-state index in [1.165, 1.54) is 19.3 Å². The van der Waals surface area contributed by atoms with Gasteiger partial charge in [0.1, 0.15) is 0 Å². The summed E-state index contributed by atoms with van der Waals surface area (Å²) in [7, 11) is 0. The van der Waals surface area contributed by atoms with E-state index in [4.69, 9.17) is 5.73 Å². The smallest absolute Gasteiger partial charge is 0.253 e. The largest absolute Gasteiger partial charge is 0.398 e. The van der Waals surface area contributed by atoms with Crippen LogP contribution in [0.3, 0.4) is 0 Å². The molecule has 1 amide bonds. The third-order valence-electron chi connectivity index (χ3n) is 2.98. The number of anilines is 1. The molecule has 0 saturated heterocycles. The molecule has 15 heavy (non-hydrogen) atoms. The minimum Gasteiger partial charge on any atom is -0.398 e. The Morgan fingerprint density at radius 2 is 2.13 bits per heavy atom. The molecule has 80 valence electrons. The van der Waals surface area contributed by atoms with E-state index in [2.05, 4.69) is 5.32 Å². The van der Waals surface area contributed by atoms with E-state index in [0.717, 1.165) is 6.54 Å². The van der Waals surface area contributed by atoms with Crippen molar-refractivity contribution in [1.29, 1.82) is 0 Å². The molecule has 0 aliphatic heterocycles. The molecule has 1 aliphatic rings. The van der Waals surface area contributed by atoms with Crippen LogP contribution in [-0.4, -0.2) is 12.5 Å². The van der Waals surface area contributed by atoms with E-state index < -0.39 is 0 Å². The van der Waals surface area contributed by atoms with Crippen LogP contribution in [0.15, 0.2) is 24.3 Å². The highest BCUT2D eigenvalue weighted by atomic mass is 16.1. The van der Waals surface area contributed by atoms with Crippen LogP contribution in [0.4, 0.5) is 5.69 Å². The van der Waals surface area contributed by atoms with Crippen molar-refractivity contribution in [3.05, 3.63) is 29.8 Å². The molecule has 3 nitrogen and oxygen atoms in total. The maximum Gasteiger partial charge on any atom is 0.253 e. The summed E-state index contributed by atoms with van der Waals surface area (Å²) in [6, 6.07) is 7.16. The Balaban J connectivity index is 1.92. The van der Waals surface area contributed by atoms with Crippen LogP contribution in [0, 0.1) is 5.92 Å². The van der Waals surface area contributed by atoms with Gasteiger partial charge >= 0.3 is 0 Å². The van der Waals surface area contributed by atoms with Crippen molar-refractivity contribution < 1.29 is 4.79 Å². The summed E-state index contributed by atoms with van der Waals surface area (Å²) in [4.78, 5) is 11.7. The van der Waals surface area contributed by atoms with Crippen LogP contribution in [0.1, 0.15) is 29.6 Å². The van der Waals surface area contributed by atoms with Gasteiger partial charge in [-0.2, -0.15) is 0 Å². The fourth-order valence-corrected chi connectivity index (χ4v) is 1.73. The number of nitrogen functional groups attached to an aromatic ring is 1. The molecular formula is C12H16N2O. The molecule has 0 radical (unpaired) electrons. The molecule has 0 aromatic heterocycles. The number of carbonyl (C=O) groups excluding carboxylic acids is 1. The monoisotopic (exact) mass is 204 g/mol. The number of carbonyl (C=O) groups is 1. The van der Waals surface area contributed by atoms with E-state index in [9.17, 15) is 4.79 Å². The average molecular weight is 204 g/mol. The Morgan fingerprint density at radius 3 is 2.73 bits per heavy atom. The predicted molar refractivity (Wildman–Crippen MR) is 60.5 cm³/mol. The third kappa shape index (κ3) is 2.29. The highest BCUT2D eigenvalue weighted by Crippen LogP contribution is 2.25. The van der Waals surface area contributed by atoms with Gasteiger partial charge in [-0.05, 0) is 30.9 Å². The van der Waals surface area contributed by atoms with E-state index in [1.807, 2.05) is 12.1 Å². The number of nitrogens with one attached hydrogen (secondary N) is 1. The molecule has 1 aromatic carbocycles. The summed E-state index contributed by atoms with van der Waals surface area (Å²) in [5.41, 5.74) is 6.84. The van der Waals surface area contributed by atoms with Gasteiger partial charge in [-0.3, -0.25) is 4.79 Å². The first kappa shape index (κ1) is 10.0. The van der Waals surface area contributed by atoms with Crippen LogP contribution < -0.4 is 11.1 Å². The molecule has 0 bridgehead atoms. The Bertz CT molecular complexity index is 358. The van der Waals surface area contributed by atoms with E-state index in [-0.39, 0.29) is 5.91 Å². The van der Waals surface area contributed by atoms with Gasteiger partial charge in [0.25, 0.3) is 5.91 Å². The van der Waals surface area contributed by atoms with Crippen molar-refractivity contribution in [1.82, 2.24) is 5.32 Å². The Labute approximate surface area is 89.7 Å². The van der Waals surface area contributed by atoms with Crippen molar-refractivity contribution in [2.45, 2.75) is 19.3 Å². The Hall–Kier alpha value is -1.51. The zero-order valence-corrected chi connectivity index (χ0v) is 8.70. The lowest BCUT2D eigenvalue weighted by atomic mass is 9.85. The molecule has 0 spiro atoms. The fraction of sp³-hybridized carbons (Fsp3) is 0.417. The highest BCUT2D eigenvalue weighted by Gasteiger charge is 2.18. The summed E-state index contributed by atoms with van der Waals surface area (Å²) < 4.78 is 0. The molecule has 3 N–H and O–H groups in total. The molecule has 1 saturated carbocycles. The molecule has 1 aromatic rings. The van der Waals surface area contributed by atoms with Crippen LogP contribution in [0.5, 0.6) is 0 Å². The van der Waals surface area contributed by atoms with Crippen molar-refractivity contribution >= 4 is 11.6 Å². The summed E-state index contributed by atoms with van der Waals surface area (Å²) in [5, 5.41) is 2.92. The van der Waals surface area contributed by atoms with Gasteiger partial charge in [-0.15, -0.1) is 0 Å². The number of hydrogen-bond donors (Lipinski definition) is 2. The van der Waals surface area contributed by atoms with Gasteiger partial charge in [0, 0.05) is 12.2 Å². The number of nitrogens with two attached hydrogens (primary N) is 1. The van der Waals surface area contributed by atoms with Crippen molar-refractivity contribution in [2.24, 2.45) is 5.92 Å². The van der Waals surface area contributed by atoms with Crippen LogP contribution in [0.2, 0.25) is 0 Å². The molecule has 0 unspecified atom stereocenters. The zero-order chi connectivity index (χ0) is 10.7. The second kappa shape index (κ2) is 4.34. The standard InChI is InChI=1S/C12H16N2O/c13-11-7-2-1-6-10(11)12(15)14-8-9-4-3-5-9/h1-2,6-7,9H,3-5,8,13H2,(H,14,15). The van der Waals surface area contributed by atoms with E-state index >= 15 is 0 Å². The Morgan fingerprint density at radius 1 is 1.40 bits per heavy atom. The second-order valence-electron chi connectivity index (χ2n) is 4.09. The molecule has 1 fully saturated rings. The quantitative estimate of drug-likeness (QED) is 0.738. The summed E-state index contributed by atoms with van der Waals surface area (Å²) in [5.74, 6) is 0.624. The second-order valence-corrected chi connectivity index (χ2v) is 4.09. The lowest BCUT2D eigenvalue weighted by Gasteiger charge is -2.25. The molecule has 3 heteroatoms. The highest BCUT2D eigenvalue weighted by molar-refractivity contribution is 5.99. The van der Waals surface area contributed by atoms with Crippen LogP contribution in [-0.2, 0) is 0 Å². The van der Waals surface area contributed by atoms with Gasteiger partial charge in [-0.1, -0.05) is 18.6 Å². The first-order valence-corrected chi connectivity index (χ1v) is 5.40. The maximum atomic E-state index is 11.7. The van der Waals surface area contributed by atoms with Gasteiger partial charge in [0.15, 0.2) is 0 Å². The molecule has 0 heterocycles. The fourth-order valence-electron chi connectivity index (χ4n) is 1.73. The first-order valence-electron chi connectivity index (χ1n) is 5.40. The summed E-state index contributed by atoms with van der Waals surface area (Å²) >= 11 is 0. The Kier molecular flexibility index (Phi) is 2.90. The number of hydrogen-bond acceptors (Lipinski definition) is 2. The first-order chi connectivity index (χ1) is 7.27. The number of para-hydroxylation sites is 1. The lowest BCUT2D eigenvalue weighted by molar-refractivity contribution is 0.0940. The van der Waals surface area contributed by atoms with Gasteiger partial charge in [-0.25, -0.2) is 0 Å². The van der Waals surface area contributed by atoms with Crippen LogP contribution >= 0.6 is 0 Å². The lowest BCUT2D eigenvalue weighted by Crippen LogP contribution is -2.32. The SMILES string of the molecule is Nc1ccccc1C(=O)NCC1CCC1. The van der Waals surface area contributed by atoms with Gasteiger partial charge < -0.3 is 11.1 Å². The number of benzene rings is 1. The molecular weight excluding hydrogens is 188 g/mol. The summed E-state index contributed by atoms with van der Waals surface area (Å²) in [6.07, 6.45) is 3.78. The van der Waals surface area contributed by atoms with Gasteiger partial charge in [0.05, 0.1) is 5.56 Å². The van der Waals surface area contributed by atoms with Gasteiger partial charge in [0.2, 0.25) is 0 Å². The van der Waals surface area contributed by atoms with Crippen molar-refractivity contribution in [3.8, 4) is 0 Å². The average Bonchev–Trinajstić information content (AvgIpc) is 2.16. The summed E-state index contributed by atoms with van der Waals surface area (Å²) in [6.45, 7) is 0.785. The van der Waals surface area contributed by atoms with E-state index in [0.29, 0.717) is 17.2 Å². The third-order valence-corrected chi connectivity index (χ3v) is 2.98. The minimum atomic E-state index is -0.0556. The number of amides is 1. The molecule has 1 aliphatic carbocycles. The number of rotatable bonds is 3. The molecule has 2 rings (SSSR count). The predicted octanol–water partition coefficient (Wildman–Crippen LogP) is 1.80. The zero-order valence-electron chi connectivity index (χ0n) is 8.70. The van der Waals surface area contributed by atoms with Crippen molar-refractivity contribution in [2.75, 3.05) is 12.3 Å². The van der Waals surface area contributed by atoms with Crippen molar-refractivity contribution in [3.63, 3.8) is 0 Å². The van der Waals surface area contributed by atoms with E-state index in [1.54, 1.807) is 12.1 Å². The normalized spacial score (nSPS) is 15.7. The molecule has 0 atom stereocenters.